The number of benzene rings is 1. The van der Waals surface area contributed by atoms with Crippen LogP contribution >= 0.6 is 24.0 Å². The lowest BCUT2D eigenvalue weighted by atomic mass is 10.2. The van der Waals surface area contributed by atoms with Crippen LogP contribution < -0.4 is 10.6 Å². The third-order valence-corrected chi connectivity index (χ3v) is 5.58. The minimum Gasteiger partial charge on any atom is -0.357 e. The van der Waals surface area contributed by atoms with Crippen molar-refractivity contribution >= 4 is 29.9 Å². The predicted octanol–water partition coefficient (Wildman–Crippen LogP) is 3.68. The van der Waals surface area contributed by atoms with Crippen LogP contribution in [-0.4, -0.2) is 37.0 Å². The molecule has 0 spiro atoms. The molecule has 3 aromatic rings. The van der Waals surface area contributed by atoms with Gasteiger partial charge in [-0.05, 0) is 51.3 Å². The van der Waals surface area contributed by atoms with Gasteiger partial charge in [0.15, 0.2) is 11.8 Å². The second-order valence-corrected chi connectivity index (χ2v) is 8.01. The normalized spacial score (nSPS) is 13.8. The lowest BCUT2D eigenvalue weighted by molar-refractivity contribution is 0.596. The SMILES string of the molecule is CCNC(=NCc1ccccc1-n1nc(C)cc1C)NCc1nnc2n1CCCCC2.I. The van der Waals surface area contributed by atoms with Crippen LogP contribution in [0.15, 0.2) is 35.3 Å². The number of aryl methyl sites for hydroxylation is 3. The van der Waals surface area contributed by atoms with E-state index in [1.54, 1.807) is 0 Å². The average molecular weight is 548 g/mol. The third-order valence-electron chi connectivity index (χ3n) is 5.58. The molecule has 4 rings (SSSR count). The highest BCUT2D eigenvalue weighted by Gasteiger charge is 2.15. The molecule has 0 radical (unpaired) electrons. The molecule has 0 unspecified atom stereocenters. The predicted molar refractivity (Wildman–Crippen MR) is 138 cm³/mol. The molecule has 0 saturated heterocycles. The van der Waals surface area contributed by atoms with Gasteiger partial charge in [-0.15, -0.1) is 34.2 Å². The van der Waals surface area contributed by atoms with Crippen molar-refractivity contribution in [1.29, 1.82) is 0 Å². The van der Waals surface area contributed by atoms with Crippen LogP contribution in [0.4, 0.5) is 0 Å². The molecular formula is C23H33IN8. The first-order chi connectivity index (χ1) is 15.2. The number of para-hydroxylation sites is 1. The molecule has 0 atom stereocenters. The van der Waals surface area contributed by atoms with Gasteiger partial charge >= 0.3 is 0 Å². The van der Waals surface area contributed by atoms with E-state index in [-0.39, 0.29) is 24.0 Å². The van der Waals surface area contributed by atoms with Gasteiger partial charge in [-0.25, -0.2) is 9.67 Å². The van der Waals surface area contributed by atoms with Gasteiger partial charge in [0, 0.05) is 25.2 Å². The Bertz CT molecular complexity index is 1050. The summed E-state index contributed by atoms with van der Waals surface area (Å²) in [5.41, 5.74) is 4.32. The quantitative estimate of drug-likeness (QED) is 0.279. The number of halogens is 1. The van der Waals surface area contributed by atoms with E-state index in [1.807, 2.05) is 23.7 Å². The number of hydrogen-bond acceptors (Lipinski definition) is 4. The Kier molecular flexibility index (Phi) is 8.66. The van der Waals surface area contributed by atoms with Crippen molar-refractivity contribution in [1.82, 2.24) is 35.2 Å². The maximum atomic E-state index is 4.83. The number of rotatable bonds is 6. The van der Waals surface area contributed by atoms with Gasteiger partial charge in [-0.1, -0.05) is 24.6 Å². The maximum absolute atomic E-state index is 4.83. The smallest absolute Gasteiger partial charge is 0.191 e. The van der Waals surface area contributed by atoms with Crippen LogP contribution in [0.25, 0.3) is 5.69 Å². The summed E-state index contributed by atoms with van der Waals surface area (Å²) >= 11 is 0. The van der Waals surface area contributed by atoms with E-state index in [2.05, 4.69) is 62.5 Å². The fraction of sp³-hybridized carbons (Fsp3) is 0.478. The van der Waals surface area contributed by atoms with Crippen molar-refractivity contribution < 1.29 is 0 Å². The summed E-state index contributed by atoms with van der Waals surface area (Å²) in [6.45, 7) is 9.13. The number of fused-ring (bicyclic) bond motifs is 1. The molecule has 0 bridgehead atoms. The van der Waals surface area contributed by atoms with Gasteiger partial charge in [0.05, 0.1) is 24.5 Å². The zero-order valence-electron chi connectivity index (χ0n) is 19.1. The van der Waals surface area contributed by atoms with Gasteiger partial charge in [-0.2, -0.15) is 5.10 Å². The minimum atomic E-state index is 0. The lowest BCUT2D eigenvalue weighted by Gasteiger charge is -2.13. The first kappa shape index (κ1) is 24.2. The first-order valence-corrected chi connectivity index (χ1v) is 11.2. The molecule has 0 amide bonds. The van der Waals surface area contributed by atoms with E-state index in [0.717, 1.165) is 59.8 Å². The summed E-state index contributed by atoms with van der Waals surface area (Å²) in [6, 6.07) is 10.4. The number of aliphatic imine (C=N–C) groups is 1. The molecule has 3 heterocycles. The molecule has 1 aromatic carbocycles. The van der Waals surface area contributed by atoms with Gasteiger partial charge in [0.25, 0.3) is 0 Å². The number of hydrogen-bond donors (Lipinski definition) is 2. The van der Waals surface area contributed by atoms with Crippen molar-refractivity contribution in [3.8, 4) is 5.69 Å². The molecule has 1 aliphatic heterocycles. The first-order valence-electron chi connectivity index (χ1n) is 11.2. The fourth-order valence-electron chi connectivity index (χ4n) is 4.07. The van der Waals surface area contributed by atoms with E-state index in [0.29, 0.717) is 13.1 Å². The minimum absolute atomic E-state index is 0. The lowest BCUT2D eigenvalue weighted by Crippen LogP contribution is -2.37. The Morgan fingerprint density at radius 3 is 2.72 bits per heavy atom. The molecule has 0 fully saturated rings. The molecule has 1 aliphatic rings. The zero-order valence-corrected chi connectivity index (χ0v) is 21.5. The van der Waals surface area contributed by atoms with Crippen LogP contribution in [0.1, 0.15) is 54.8 Å². The van der Waals surface area contributed by atoms with Crippen molar-refractivity contribution in [2.24, 2.45) is 4.99 Å². The van der Waals surface area contributed by atoms with Crippen LogP contribution in [0.5, 0.6) is 0 Å². The van der Waals surface area contributed by atoms with E-state index < -0.39 is 0 Å². The number of nitrogens with one attached hydrogen (secondary N) is 2. The van der Waals surface area contributed by atoms with E-state index >= 15 is 0 Å². The van der Waals surface area contributed by atoms with Crippen molar-refractivity contribution in [2.45, 2.75) is 66.1 Å². The van der Waals surface area contributed by atoms with E-state index in [1.165, 1.54) is 19.3 Å². The summed E-state index contributed by atoms with van der Waals surface area (Å²) in [7, 11) is 0. The van der Waals surface area contributed by atoms with Crippen molar-refractivity contribution in [2.75, 3.05) is 6.54 Å². The number of nitrogens with zero attached hydrogens (tertiary/aromatic N) is 6. The Morgan fingerprint density at radius 1 is 1.09 bits per heavy atom. The highest BCUT2D eigenvalue weighted by Crippen LogP contribution is 2.18. The van der Waals surface area contributed by atoms with Gasteiger partial charge in [0.1, 0.15) is 5.82 Å². The van der Waals surface area contributed by atoms with E-state index in [4.69, 9.17) is 4.99 Å². The molecule has 2 aromatic heterocycles. The number of guanidine groups is 1. The van der Waals surface area contributed by atoms with Gasteiger partial charge in [0.2, 0.25) is 0 Å². The van der Waals surface area contributed by atoms with Crippen LogP contribution in [0.2, 0.25) is 0 Å². The molecule has 0 aliphatic carbocycles. The summed E-state index contributed by atoms with van der Waals surface area (Å²) in [5.74, 6) is 2.86. The molecule has 0 saturated carbocycles. The highest BCUT2D eigenvalue weighted by atomic mass is 127. The van der Waals surface area contributed by atoms with Gasteiger partial charge in [-0.3, -0.25) is 0 Å². The van der Waals surface area contributed by atoms with Crippen LogP contribution in [0, 0.1) is 13.8 Å². The summed E-state index contributed by atoms with van der Waals surface area (Å²) in [6.07, 6.45) is 4.67. The zero-order chi connectivity index (χ0) is 21.6. The molecule has 32 heavy (non-hydrogen) atoms. The number of aromatic nitrogens is 5. The summed E-state index contributed by atoms with van der Waals surface area (Å²) in [5, 5.41) is 20.2. The Balaban J connectivity index is 0.00000289. The van der Waals surface area contributed by atoms with Crippen molar-refractivity contribution in [3.05, 3.63) is 58.9 Å². The summed E-state index contributed by atoms with van der Waals surface area (Å²) in [4.78, 5) is 4.83. The van der Waals surface area contributed by atoms with Gasteiger partial charge < -0.3 is 15.2 Å². The Labute approximate surface area is 206 Å². The highest BCUT2D eigenvalue weighted by molar-refractivity contribution is 14.0. The average Bonchev–Trinajstić information content (AvgIpc) is 3.22. The van der Waals surface area contributed by atoms with Crippen LogP contribution in [-0.2, 0) is 26.1 Å². The van der Waals surface area contributed by atoms with Crippen LogP contribution in [0.3, 0.4) is 0 Å². The standard InChI is InChI=1S/C23H32N8.HI/c1-4-24-23(26-16-22-28-27-21-12-6-5-9-13-30(21)22)25-15-19-10-7-8-11-20(19)31-18(3)14-17(2)29-31;/h7-8,10-11,14H,4-6,9,12-13,15-16H2,1-3H3,(H2,24,25,26);1H. The summed E-state index contributed by atoms with van der Waals surface area (Å²) < 4.78 is 4.26. The third kappa shape index (κ3) is 5.67. The Morgan fingerprint density at radius 2 is 1.94 bits per heavy atom. The molecule has 172 valence electrons. The molecule has 2 N–H and O–H groups in total. The maximum Gasteiger partial charge on any atom is 0.191 e. The Hall–Kier alpha value is -2.43. The second kappa shape index (κ2) is 11.4. The fourth-order valence-corrected chi connectivity index (χ4v) is 4.07. The van der Waals surface area contributed by atoms with E-state index in [9.17, 15) is 0 Å². The second-order valence-electron chi connectivity index (χ2n) is 8.01. The largest absolute Gasteiger partial charge is 0.357 e. The molecular weight excluding hydrogens is 515 g/mol. The topological polar surface area (TPSA) is 84.9 Å². The monoisotopic (exact) mass is 548 g/mol. The molecule has 8 nitrogen and oxygen atoms in total. The van der Waals surface area contributed by atoms with Crippen molar-refractivity contribution in [3.63, 3.8) is 0 Å². The molecule has 9 heteroatoms.